The summed E-state index contributed by atoms with van der Waals surface area (Å²) in [6.07, 6.45) is -4.20. The van der Waals surface area contributed by atoms with E-state index in [0.29, 0.717) is 16.8 Å². The molecule has 9 nitrogen and oxygen atoms in total. The van der Waals surface area contributed by atoms with Gasteiger partial charge in [-0.2, -0.15) is 18.2 Å². The van der Waals surface area contributed by atoms with Crippen LogP contribution >= 0.6 is 0 Å². The Morgan fingerprint density at radius 2 is 2.03 bits per heavy atom. The maximum atomic E-state index is 13.6. The molecule has 0 spiro atoms. The zero-order chi connectivity index (χ0) is 27.0. The van der Waals surface area contributed by atoms with Crippen molar-refractivity contribution in [2.24, 2.45) is 5.92 Å². The van der Waals surface area contributed by atoms with Crippen molar-refractivity contribution in [2.75, 3.05) is 25.5 Å². The Morgan fingerprint density at radius 3 is 2.70 bits per heavy atom. The number of alkyl halides is 3. The summed E-state index contributed by atoms with van der Waals surface area (Å²) in [6, 6.07) is 7.12. The number of benzene rings is 1. The molecule has 2 N–H and O–H groups in total. The average Bonchev–Trinajstić information content (AvgIpc) is 3.37. The van der Waals surface area contributed by atoms with Gasteiger partial charge in [-0.05, 0) is 64.9 Å². The number of halogens is 3. The number of nitrogens with zero attached hydrogens (tertiary/aromatic N) is 4. The summed E-state index contributed by atoms with van der Waals surface area (Å²) >= 11 is 0. The zero-order valence-electron chi connectivity index (χ0n) is 21.6. The summed E-state index contributed by atoms with van der Waals surface area (Å²) in [7, 11) is 2.08. The maximum Gasteiger partial charge on any atom is 0.408 e. The van der Waals surface area contributed by atoms with Crippen LogP contribution in [0.2, 0.25) is 0 Å². The van der Waals surface area contributed by atoms with E-state index in [1.54, 1.807) is 39.0 Å². The molecule has 1 saturated heterocycles. The smallest absolute Gasteiger partial charge is 0.408 e. The van der Waals surface area contributed by atoms with E-state index in [9.17, 15) is 18.0 Å². The van der Waals surface area contributed by atoms with Crippen molar-refractivity contribution in [3.63, 3.8) is 0 Å². The molecule has 0 radical (unpaired) electrons. The van der Waals surface area contributed by atoms with Crippen molar-refractivity contribution >= 4 is 22.7 Å². The Hall–Kier alpha value is -3.28. The van der Waals surface area contributed by atoms with E-state index in [4.69, 9.17) is 9.26 Å². The van der Waals surface area contributed by atoms with Crippen LogP contribution in [-0.2, 0) is 17.8 Å². The minimum absolute atomic E-state index is 0.0000444. The van der Waals surface area contributed by atoms with Gasteiger partial charge < -0.3 is 29.4 Å². The predicted molar refractivity (Wildman–Crippen MR) is 133 cm³/mol. The van der Waals surface area contributed by atoms with E-state index in [-0.39, 0.29) is 30.0 Å². The van der Waals surface area contributed by atoms with Gasteiger partial charge in [-0.1, -0.05) is 18.1 Å². The highest BCUT2D eigenvalue weighted by Crippen LogP contribution is 2.35. The van der Waals surface area contributed by atoms with E-state index in [1.807, 2.05) is 6.07 Å². The van der Waals surface area contributed by atoms with E-state index >= 15 is 0 Å². The minimum atomic E-state index is -4.46. The number of hydrogen-bond donors (Lipinski definition) is 2. The van der Waals surface area contributed by atoms with Crippen LogP contribution in [0.4, 0.5) is 23.7 Å². The first kappa shape index (κ1) is 26.8. The Balaban J connectivity index is 1.63. The summed E-state index contributed by atoms with van der Waals surface area (Å²) in [6.45, 7) is 7.91. The van der Waals surface area contributed by atoms with Gasteiger partial charge in [0.15, 0.2) is 0 Å². The average molecular weight is 523 g/mol. The van der Waals surface area contributed by atoms with Crippen LogP contribution in [0.15, 0.2) is 28.8 Å². The minimum Gasteiger partial charge on any atom is -0.444 e. The van der Waals surface area contributed by atoms with Crippen LogP contribution in [0.5, 0.6) is 0 Å². The van der Waals surface area contributed by atoms with Crippen molar-refractivity contribution in [1.29, 1.82) is 0 Å². The number of alkyl carbamates (subject to hydrolysis) is 1. The van der Waals surface area contributed by atoms with Crippen LogP contribution in [0, 0.1) is 5.92 Å². The number of rotatable bonds is 6. The molecule has 2 aromatic heterocycles. The van der Waals surface area contributed by atoms with Gasteiger partial charge in [0.1, 0.15) is 18.7 Å². The number of carbonyl (C=O) groups excluding carboxylic acids is 1. The lowest BCUT2D eigenvalue weighted by atomic mass is 9.94. The van der Waals surface area contributed by atoms with E-state index in [2.05, 4.69) is 39.6 Å². The van der Waals surface area contributed by atoms with Gasteiger partial charge in [0, 0.05) is 23.7 Å². The fourth-order valence-electron chi connectivity index (χ4n) is 4.61. The molecular weight excluding hydrogens is 489 g/mol. The lowest BCUT2D eigenvalue weighted by molar-refractivity contribution is -0.139. The van der Waals surface area contributed by atoms with Crippen molar-refractivity contribution in [3.8, 4) is 11.5 Å². The number of piperidine rings is 1. The lowest BCUT2D eigenvalue weighted by Gasteiger charge is -2.36. The lowest BCUT2D eigenvalue weighted by Crippen LogP contribution is -2.43. The summed E-state index contributed by atoms with van der Waals surface area (Å²) in [4.78, 5) is 18.4. The van der Waals surface area contributed by atoms with Crippen LogP contribution in [0.3, 0.4) is 0 Å². The number of carbonyl (C=O) groups is 1. The third-order valence-electron chi connectivity index (χ3n) is 6.21. The maximum absolute atomic E-state index is 13.6. The molecule has 0 bridgehead atoms. The molecule has 2 atom stereocenters. The normalized spacial score (nSPS) is 19.2. The first-order valence-corrected chi connectivity index (χ1v) is 12.2. The monoisotopic (exact) mass is 522 g/mol. The molecule has 37 heavy (non-hydrogen) atoms. The standard InChI is InChI=1S/C25H33F3N6O3/c1-15-13-33(5)10-9-17(15)30-18-7-6-8-19-16(18)11-20(34(19)14-25(26,27)28)22-31-21(37-32-22)12-29-23(35)36-24(2,3)4/h6-8,11,15,17,30H,9-10,12-14H2,1-5H3,(H,29,35)/t15-,17-/m1/s1. The fourth-order valence-corrected chi connectivity index (χ4v) is 4.61. The molecule has 3 heterocycles. The molecule has 1 aliphatic rings. The molecule has 1 aliphatic heterocycles. The van der Waals surface area contributed by atoms with E-state index in [0.717, 1.165) is 29.8 Å². The number of aromatic nitrogens is 3. The topological polar surface area (TPSA) is 97.5 Å². The van der Waals surface area contributed by atoms with E-state index in [1.165, 1.54) is 0 Å². The van der Waals surface area contributed by atoms with Gasteiger partial charge in [0.2, 0.25) is 11.7 Å². The van der Waals surface area contributed by atoms with Crippen molar-refractivity contribution in [3.05, 3.63) is 30.2 Å². The van der Waals surface area contributed by atoms with Crippen LogP contribution in [0.1, 0.15) is 40.0 Å². The number of ether oxygens (including phenoxy) is 1. The number of fused-ring (bicyclic) bond motifs is 1. The molecule has 202 valence electrons. The van der Waals surface area contributed by atoms with Crippen molar-refractivity contribution in [2.45, 2.75) is 65.0 Å². The summed E-state index contributed by atoms with van der Waals surface area (Å²) in [5.74, 6) is 0.422. The highest BCUT2D eigenvalue weighted by Gasteiger charge is 2.32. The molecule has 0 aliphatic carbocycles. The third kappa shape index (κ3) is 6.73. The highest BCUT2D eigenvalue weighted by atomic mass is 19.4. The van der Waals surface area contributed by atoms with Crippen molar-refractivity contribution in [1.82, 2.24) is 24.9 Å². The second-order valence-corrected chi connectivity index (χ2v) is 10.6. The zero-order valence-corrected chi connectivity index (χ0v) is 21.6. The number of anilines is 1. The summed E-state index contributed by atoms with van der Waals surface area (Å²) in [5.41, 5.74) is 0.664. The second kappa shape index (κ2) is 10.2. The Morgan fingerprint density at radius 1 is 1.27 bits per heavy atom. The molecule has 1 aromatic carbocycles. The molecule has 1 amide bonds. The van der Waals surface area contributed by atoms with Gasteiger partial charge in [-0.3, -0.25) is 0 Å². The number of nitrogens with one attached hydrogen (secondary N) is 2. The Labute approximate surface area is 213 Å². The van der Waals surface area contributed by atoms with Gasteiger partial charge >= 0.3 is 12.3 Å². The predicted octanol–water partition coefficient (Wildman–Crippen LogP) is 5.03. The highest BCUT2D eigenvalue weighted by molar-refractivity contribution is 5.96. The number of amides is 1. The Kier molecular flexibility index (Phi) is 7.40. The summed E-state index contributed by atoms with van der Waals surface area (Å²) in [5, 5.41) is 10.6. The van der Waals surface area contributed by atoms with Crippen molar-refractivity contribution < 1.29 is 27.2 Å². The molecule has 12 heteroatoms. The first-order valence-electron chi connectivity index (χ1n) is 12.2. The quantitative estimate of drug-likeness (QED) is 0.469. The number of likely N-dealkylation sites (tertiary alicyclic amines) is 1. The summed E-state index contributed by atoms with van der Waals surface area (Å²) < 4.78 is 52.3. The van der Waals surface area contributed by atoms with E-state index < -0.39 is 24.4 Å². The van der Waals surface area contributed by atoms with Crippen LogP contribution in [0.25, 0.3) is 22.4 Å². The Bertz CT molecular complexity index is 1250. The van der Waals surface area contributed by atoms with Gasteiger partial charge in [-0.25, -0.2) is 4.79 Å². The SMILES string of the molecule is C[C@@H]1CN(C)CC[C@H]1Nc1cccc2c1cc(-c1noc(CNC(=O)OC(C)(C)C)n1)n2CC(F)(F)F. The molecule has 0 saturated carbocycles. The molecule has 0 unspecified atom stereocenters. The molecular formula is C25H33F3N6O3. The fraction of sp³-hybridized carbons (Fsp3) is 0.560. The molecule has 3 aromatic rings. The molecule has 1 fully saturated rings. The largest absolute Gasteiger partial charge is 0.444 e. The first-order chi connectivity index (χ1) is 17.3. The number of hydrogen-bond acceptors (Lipinski definition) is 7. The third-order valence-corrected chi connectivity index (χ3v) is 6.21. The van der Waals surface area contributed by atoms with Crippen LogP contribution in [-0.4, -0.2) is 63.7 Å². The second-order valence-electron chi connectivity index (χ2n) is 10.6. The molecule has 4 rings (SSSR count). The van der Waals surface area contributed by atoms with Gasteiger partial charge in [-0.15, -0.1) is 0 Å². The van der Waals surface area contributed by atoms with Crippen LogP contribution < -0.4 is 10.6 Å². The van der Waals surface area contributed by atoms with Gasteiger partial charge in [0.25, 0.3) is 0 Å². The van der Waals surface area contributed by atoms with Gasteiger partial charge in [0.05, 0.1) is 11.2 Å².